The largest absolute Gasteiger partial charge is 0.310 e. The smallest absolute Gasteiger partial charge is 0.127 e. The van der Waals surface area contributed by atoms with E-state index in [1.165, 1.54) is 18.9 Å². The van der Waals surface area contributed by atoms with E-state index in [-0.39, 0.29) is 5.82 Å². The third-order valence-corrected chi connectivity index (χ3v) is 3.16. The van der Waals surface area contributed by atoms with Crippen LogP contribution < -0.4 is 5.32 Å². The minimum atomic E-state index is -0.150. The van der Waals surface area contributed by atoms with E-state index in [9.17, 15) is 4.39 Å². The molecule has 0 atom stereocenters. The SMILES string of the molecule is Fc1ccc(-c2ccccn2)cc1CNC1CC1. The molecule has 18 heavy (non-hydrogen) atoms. The zero-order chi connectivity index (χ0) is 12.4. The summed E-state index contributed by atoms with van der Waals surface area (Å²) in [5, 5.41) is 3.33. The van der Waals surface area contributed by atoms with Crippen molar-refractivity contribution in [2.24, 2.45) is 0 Å². The van der Waals surface area contributed by atoms with Gasteiger partial charge in [-0.15, -0.1) is 0 Å². The lowest BCUT2D eigenvalue weighted by Gasteiger charge is -2.07. The van der Waals surface area contributed by atoms with Crippen LogP contribution in [-0.2, 0) is 6.54 Å². The van der Waals surface area contributed by atoms with Crippen LogP contribution in [0.3, 0.4) is 0 Å². The van der Waals surface area contributed by atoms with Crippen molar-refractivity contribution in [1.82, 2.24) is 10.3 Å². The van der Waals surface area contributed by atoms with E-state index in [0.717, 1.165) is 11.3 Å². The summed E-state index contributed by atoms with van der Waals surface area (Å²) in [6, 6.07) is 11.5. The van der Waals surface area contributed by atoms with Crippen LogP contribution >= 0.6 is 0 Å². The molecule has 0 aliphatic heterocycles. The van der Waals surface area contributed by atoms with Gasteiger partial charge in [0.1, 0.15) is 5.82 Å². The number of aromatic nitrogens is 1. The highest BCUT2D eigenvalue weighted by molar-refractivity contribution is 5.59. The van der Waals surface area contributed by atoms with Crippen LogP contribution in [0.25, 0.3) is 11.3 Å². The molecule has 1 aliphatic rings. The summed E-state index contributed by atoms with van der Waals surface area (Å²) < 4.78 is 13.7. The molecule has 1 aromatic heterocycles. The Morgan fingerprint density at radius 3 is 2.83 bits per heavy atom. The number of benzene rings is 1. The summed E-state index contributed by atoms with van der Waals surface area (Å²) >= 11 is 0. The summed E-state index contributed by atoms with van der Waals surface area (Å²) in [5.74, 6) is -0.150. The van der Waals surface area contributed by atoms with Crippen LogP contribution in [0, 0.1) is 5.82 Å². The molecule has 3 heteroatoms. The normalized spacial score (nSPS) is 14.7. The van der Waals surface area contributed by atoms with Crippen molar-refractivity contribution in [1.29, 1.82) is 0 Å². The van der Waals surface area contributed by atoms with Gasteiger partial charge in [0.25, 0.3) is 0 Å². The number of hydrogen-bond donors (Lipinski definition) is 1. The van der Waals surface area contributed by atoms with E-state index in [1.807, 2.05) is 24.3 Å². The molecule has 0 spiro atoms. The van der Waals surface area contributed by atoms with Gasteiger partial charge in [-0.25, -0.2) is 4.39 Å². The van der Waals surface area contributed by atoms with Crippen LogP contribution in [0.2, 0.25) is 0 Å². The Labute approximate surface area is 106 Å². The van der Waals surface area contributed by atoms with Gasteiger partial charge in [0.05, 0.1) is 5.69 Å². The molecule has 2 nitrogen and oxygen atoms in total. The van der Waals surface area contributed by atoms with Crippen molar-refractivity contribution in [2.75, 3.05) is 0 Å². The molecule has 1 heterocycles. The quantitative estimate of drug-likeness (QED) is 0.891. The van der Waals surface area contributed by atoms with E-state index >= 15 is 0 Å². The number of rotatable bonds is 4. The van der Waals surface area contributed by atoms with Gasteiger partial charge in [0.2, 0.25) is 0 Å². The van der Waals surface area contributed by atoms with Crippen LogP contribution in [0.4, 0.5) is 4.39 Å². The Balaban J connectivity index is 1.84. The maximum Gasteiger partial charge on any atom is 0.127 e. The van der Waals surface area contributed by atoms with Crippen LogP contribution in [0.5, 0.6) is 0 Å². The average molecular weight is 242 g/mol. The summed E-state index contributed by atoms with van der Waals surface area (Å²) in [7, 11) is 0. The van der Waals surface area contributed by atoms with Gasteiger partial charge in [-0.3, -0.25) is 4.98 Å². The zero-order valence-electron chi connectivity index (χ0n) is 10.1. The molecular weight excluding hydrogens is 227 g/mol. The zero-order valence-corrected chi connectivity index (χ0v) is 10.1. The Morgan fingerprint density at radius 2 is 2.11 bits per heavy atom. The van der Waals surface area contributed by atoms with Gasteiger partial charge >= 0.3 is 0 Å². The molecule has 1 saturated carbocycles. The lowest BCUT2D eigenvalue weighted by Crippen LogP contribution is -2.16. The Hall–Kier alpha value is -1.74. The molecule has 2 aromatic rings. The molecule has 0 bridgehead atoms. The topological polar surface area (TPSA) is 24.9 Å². The Kier molecular flexibility index (Phi) is 3.07. The van der Waals surface area contributed by atoms with Gasteiger partial charge in [-0.1, -0.05) is 6.07 Å². The summed E-state index contributed by atoms with van der Waals surface area (Å²) in [5.41, 5.74) is 2.56. The predicted octanol–water partition coefficient (Wildman–Crippen LogP) is 3.14. The lowest BCUT2D eigenvalue weighted by molar-refractivity contribution is 0.587. The van der Waals surface area contributed by atoms with Crippen LogP contribution in [-0.4, -0.2) is 11.0 Å². The second-order valence-corrected chi connectivity index (χ2v) is 4.68. The van der Waals surface area contributed by atoms with E-state index in [4.69, 9.17) is 0 Å². The van der Waals surface area contributed by atoms with Gasteiger partial charge in [0, 0.05) is 29.9 Å². The number of nitrogens with zero attached hydrogens (tertiary/aromatic N) is 1. The van der Waals surface area contributed by atoms with E-state index < -0.39 is 0 Å². The molecule has 0 radical (unpaired) electrons. The predicted molar refractivity (Wildman–Crippen MR) is 69.5 cm³/mol. The maximum absolute atomic E-state index is 13.7. The molecule has 0 saturated heterocycles. The minimum absolute atomic E-state index is 0.150. The molecule has 1 N–H and O–H groups in total. The molecular formula is C15H15FN2. The van der Waals surface area contributed by atoms with E-state index in [2.05, 4.69) is 10.3 Å². The second-order valence-electron chi connectivity index (χ2n) is 4.68. The summed E-state index contributed by atoms with van der Waals surface area (Å²) in [6.45, 7) is 0.594. The number of nitrogens with one attached hydrogen (secondary N) is 1. The molecule has 1 fully saturated rings. The average Bonchev–Trinajstić information content (AvgIpc) is 3.23. The lowest BCUT2D eigenvalue weighted by atomic mass is 10.1. The highest BCUT2D eigenvalue weighted by Crippen LogP contribution is 2.22. The number of halogens is 1. The van der Waals surface area contributed by atoms with Gasteiger partial charge in [0.15, 0.2) is 0 Å². The molecule has 92 valence electrons. The maximum atomic E-state index is 13.7. The third-order valence-electron chi connectivity index (χ3n) is 3.16. The first-order valence-corrected chi connectivity index (χ1v) is 6.26. The molecule has 1 aromatic carbocycles. The Morgan fingerprint density at radius 1 is 1.22 bits per heavy atom. The summed E-state index contributed by atoms with van der Waals surface area (Å²) in [4.78, 5) is 4.28. The van der Waals surface area contributed by atoms with Crippen molar-refractivity contribution in [3.63, 3.8) is 0 Å². The van der Waals surface area contributed by atoms with Gasteiger partial charge in [-0.05, 0) is 43.2 Å². The van der Waals surface area contributed by atoms with Crippen molar-refractivity contribution in [3.05, 3.63) is 54.0 Å². The van der Waals surface area contributed by atoms with E-state index in [0.29, 0.717) is 18.2 Å². The molecule has 0 amide bonds. The second kappa shape index (κ2) is 4.86. The van der Waals surface area contributed by atoms with E-state index in [1.54, 1.807) is 12.3 Å². The Bertz CT molecular complexity index is 535. The van der Waals surface area contributed by atoms with Crippen LogP contribution in [0.1, 0.15) is 18.4 Å². The van der Waals surface area contributed by atoms with Crippen molar-refractivity contribution < 1.29 is 4.39 Å². The molecule has 0 unspecified atom stereocenters. The first-order valence-electron chi connectivity index (χ1n) is 6.26. The van der Waals surface area contributed by atoms with Gasteiger partial charge in [-0.2, -0.15) is 0 Å². The fourth-order valence-corrected chi connectivity index (χ4v) is 1.94. The molecule has 3 rings (SSSR count). The monoisotopic (exact) mass is 242 g/mol. The van der Waals surface area contributed by atoms with Gasteiger partial charge < -0.3 is 5.32 Å². The third kappa shape index (κ3) is 2.57. The number of pyridine rings is 1. The first kappa shape index (κ1) is 11.4. The highest BCUT2D eigenvalue weighted by atomic mass is 19.1. The fourth-order valence-electron chi connectivity index (χ4n) is 1.94. The van der Waals surface area contributed by atoms with Crippen molar-refractivity contribution in [3.8, 4) is 11.3 Å². The summed E-state index contributed by atoms with van der Waals surface area (Å²) in [6.07, 6.45) is 4.17. The van der Waals surface area contributed by atoms with Crippen LogP contribution in [0.15, 0.2) is 42.6 Å². The number of hydrogen-bond acceptors (Lipinski definition) is 2. The minimum Gasteiger partial charge on any atom is -0.310 e. The molecule has 1 aliphatic carbocycles. The van der Waals surface area contributed by atoms with Crippen molar-refractivity contribution >= 4 is 0 Å². The first-order chi connectivity index (χ1) is 8.83. The van der Waals surface area contributed by atoms with Crippen molar-refractivity contribution in [2.45, 2.75) is 25.4 Å². The standard InChI is InChI=1S/C15H15FN2/c16-14-7-4-11(15-3-1-2-8-17-15)9-12(14)10-18-13-5-6-13/h1-4,7-9,13,18H,5-6,10H2. The fraction of sp³-hybridized carbons (Fsp3) is 0.267. The highest BCUT2D eigenvalue weighted by Gasteiger charge is 2.20.